The van der Waals surface area contributed by atoms with E-state index in [2.05, 4.69) is 60.2 Å². The summed E-state index contributed by atoms with van der Waals surface area (Å²) in [5, 5.41) is 12.3. The molecule has 1 amide bonds. The van der Waals surface area contributed by atoms with Gasteiger partial charge in [0.2, 0.25) is 5.91 Å². The van der Waals surface area contributed by atoms with Gasteiger partial charge in [0.25, 0.3) is 0 Å². The number of amides is 1. The van der Waals surface area contributed by atoms with Crippen LogP contribution in [0.25, 0.3) is 11.4 Å². The molecule has 1 heterocycles. The van der Waals surface area contributed by atoms with E-state index in [1.807, 2.05) is 41.8 Å². The number of carbonyl (C=O) groups excluding carboxylic acids is 1. The van der Waals surface area contributed by atoms with Crippen molar-refractivity contribution in [3.8, 4) is 11.4 Å². The number of aryl methyl sites for hydroxylation is 1. The van der Waals surface area contributed by atoms with Gasteiger partial charge in [-0.25, -0.2) is 0 Å². The molecule has 0 saturated heterocycles. The van der Waals surface area contributed by atoms with Gasteiger partial charge in [-0.3, -0.25) is 9.36 Å². The predicted molar refractivity (Wildman–Crippen MR) is 120 cm³/mol. The van der Waals surface area contributed by atoms with E-state index in [0.29, 0.717) is 17.6 Å². The first-order chi connectivity index (χ1) is 14.0. The number of allylic oxidation sites excluding steroid dienone is 1. The van der Waals surface area contributed by atoms with Gasteiger partial charge >= 0.3 is 0 Å². The van der Waals surface area contributed by atoms with E-state index in [1.165, 1.54) is 17.3 Å². The van der Waals surface area contributed by atoms with Crippen LogP contribution in [-0.4, -0.2) is 26.4 Å². The molecule has 0 atom stereocenters. The van der Waals surface area contributed by atoms with E-state index in [0.717, 1.165) is 22.6 Å². The maximum absolute atomic E-state index is 12.3. The third-order valence-corrected chi connectivity index (χ3v) is 5.47. The zero-order valence-electron chi connectivity index (χ0n) is 17.1. The van der Waals surface area contributed by atoms with Gasteiger partial charge in [0.1, 0.15) is 0 Å². The Morgan fingerprint density at radius 3 is 2.62 bits per heavy atom. The first-order valence-corrected chi connectivity index (χ1v) is 10.6. The quantitative estimate of drug-likeness (QED) is 0.408. The predicted octanol–water partition coefficient (Wildman–Crippen LogP) is 5.29. The third-order valence-electron chi connectivity index (χ3n) is 4.50. The number of aromatic nitrogens is 3. The van der Waals surface area contributed by atoms with E-state index in [9.17, 15) is 4.79 Å². The molecule has 2 aromatic carbocycles. The molecule has 0 unspecified atom stereocenters. The number of nitrogens with one attached hydrogen (secondary N) is 1. The van der Waals surface area contributed by atoms with Crippen LogP contribution >= 0.6 is 11.8 Å². The van der Waals surface area contributed by atoms with E-state index >= 15 is 0 Å². The fourth-order valence-electron chi connectivity index (χ4n) is 2.97. The van der Waals surface area contributed by atoms with Crippen molar-refractivity contribution in [2.45, 2.75) is 38.4 Å². The van der Waals surface area contributed by atoms with Crippen molar-refractivity contribution < 1.29 is 4.79 Å². The molecule has 0 fully saturated rings. The summed E-state index contributed by atoms with van der Waals surface area (Å²) >= 11 is 1.37. The van der Waals surface area contributed by atoms with Crippen LogP contribution in [0.5, 0.6) is 0 Å². The van der Waals surface area contributed by atoms with Crippen molar-refractivity contribution in [3.05, 3.63) is 72.3 Å². The second kappa shape index (κ2) is 9.56. The van der Waals surface area contributed by atoms with Crippen LogP contribution in [0.4, 0.5) is 5.69 Å². The van der Waals surface area contributed by atoms with Gasteiger partial charge in [-0.1, -0.05) is 68.1 Å². The van der Waals surface area contributed by atoms with Crippen molar-refractivity contribution in [1.29, 1.82) is 0 Å². The maximum atomic E-state index is 12.3. The lowest BCUT2D eigenvalue weighted by Crippen LogP contribution is -2.14. The standard InChI is InChI=1S/C23H26N4OS/c1-5-13-27-22(19-11-9-18(10-12-19)16(2)3)25-26-23(27)29-15-21(28)24-20-8-6-7-17(4)14-20/h5-12,14,16H,1,13,15H2,2-4H3,(H,24,28). The fourth-order valence-corrected chi connectivity index (χ4v) is 3.72. The maximum Gasteiger partial charge on any atom is 0.234 e. The number of thioether (sulfide) groups is 1. The number of nitrogens with zero attached hydrogens (tertiary/aromatic N) is 3. The van der Waals surface area contributed by atoms with Gasteiger partial charge in [0, 0.05) is 17.8 Å². The Hall–Kier alpha value is -2.86. The van der Waals surface area contributed by atoms with Crippen LogP contribution in [0.2, 0.25) is 0 Å². The Kier molecular flexibility index (Phi) is 6.88. The van der Waals surface area contributed by atoms with Crippen LogP contribution < -0.4 is 5.32 Å². The van der Waals surface area contributed by atoms with E-state index < -0.39 is 0 Å². The lowest BCUT2D eigenvalue weighted by Gasteiger charge is -2.10. The average molecular weight is 407 g/mol. The molecule has 150 valence electrons. The number of benzene rings is 2. The molecule has 0 radical (unpaired) electrons. The molecular formula is C23H26N4OS. The van der Waals surface area contributed by atoms with E-state index in [4.69, 9.17) is 0 Å². The summed E-state index contributed by atoms with van der Waals surface area (Å²) in [5.41, 5.74) is 4.19. The van der Waals surface area contributed by atoms with Crippen molar-refractivity contribution in [2.75, 3.05) is 11.1 Å². The Morgan fingerprint density at radius 2 is 1.97 bits per heavy atom. The highest BCUT2D eigenvalue weighted by molar-refractivity contribution is 7.99. The summed E-state index contributed by atoms with van der Waals surface area (Å²) in [4.78, 5) is 12.3. The second-order valence-corrected chi connectivity index (χ2v) is 8.13. The summed E-state index contributed by atoms with van der Waals surface area (Å²) in [6.45, 7) is 10.8. The zero-order valence-corrected chi connectivity index (χ0v) is 17.9. The summed E-state index contributed by atoms with van der Waals surface area (Å²) in [6.07, 6.45) is 1.81. The second-order valence-electron chi connectivity index (χ2n) is 7.19. The first-order valence-electron chi connectivity index (χ1n) is 9.61. The molecule has 1 N–H and O–H groups in total. The molecule has 0 bridgehead atoms. The SMILES string of the molecule is C=CCn1c(SCC(=O)Nc2cccc(C)c2)nnc1-c1ccc(C(C)C)cc1. The zero-order chi connectivity index (χ0) is 20.8. The van der Waals surface area contributed by atoms with Crippen molar-refractivity contribution >= 4 is 23.4 Å². The molecule has 3 aromatic rings. The number of hydrogen-bond acceptors (Lipinski definition) is 4. The van der Waals surface area contributed by atoms with E-state index in [-0.39, 0.29) is 11.7 Å². The minimum absolute atomic E-state index is 0.0726. The molecule has 0 aliphatic heterocycles. The van der Waals surface area contributed by atoms with Gasteiger partial charge in [-0.05, 0) is 36.1 Å². The molecule has 0 aliphatic carbocycles. The topological polar surface area (TPSA) is 59.8 Å². The van der Waals surface area contributed by atoms with Crippen LogP contribution in [-0.2, 0) is 11.3 Å². The highest BCUT2D eigenvalue weighted by Crippen LogP contribution is 2.26. The largest absolute Gasteiger partial charge is 0.325 e. The lowest BCUT2D eigenvalue weighted by atomic mass is 10.0. The minimum Gasteiger partial charge on any atom is -0.325 e. The highest BCUT2D eigenvalue weighted by Gasteiger charge is 2.15. The van der Waals surface area contributed by atoms with Crippen molar-refractivity contribution in [3.63, 3.8) is 0 Å². The fraction of sp³-hybridized carbons (Fsp3) is 0.261. The van der Waals surface area contributed by atoms with Crippen LogP contribution in [0.15, 0.2) is 66.3 Å². The molecule has 29 heavy (non-hydrogen) atoms. The Labute approximate surface area is 176 Å². The number of hydrogen-bond donors (Lipinski definition) is 1. The summed E-state index contributed by atoms with van der Waals surface area (Å²) in [7, 11) is 0. The molecule has 0 spiro atoms. The summed E-state index contributed by atoms with van der Waals surface area (Å²) < 4.78 is 1.99. The molecule has 6 heteroatoms. The Bertz CT molecular complexity index is 992. The van der Waals surface area contributed by atoms with Gasteiger partial charge in [-0.2, -0.15) is 0 Å². The molecule has 0 saturated carbocycles. The monoisotopic (exact) mass is 406 g/mol. The number of rotatable bonds is 8. The van der Waals surface area contributed by atoms with E-state index in [1.54, 1.807) is 0 Å². The smallest absolute Gasteiger partial charge is 0.234 e. The van der Waals surface area contributed by atoms with Crippen LogP contribution in [0.1, 0.15) is 30.9 Å². The Morgan fingerprint density at radius 1 is 1.21 bits per heavy atom. The summed E-state index contributed by atoms with van der Waals surface area (Å²) in [5.74, 6) is 1.45. The molecule has 0 aliphatic rings. The van der Waals surface area contributed by atoms with Gasteiger partial charge in [-0.15, -0.1) is 16.8 Å². The molecule has 5 nitrogen and oxygen atoms in total. The molecular weight excluding hydrogens is 380 g/mol. The lowest BCUT2D eigenvalue weighted by molar-refractivity contribution is -0.113. The molecule has 3 rings (SSSR count). The van der Waals surface area contributed by atoms with Gasteiger partial charge < -0.3 is 5.32 Å². The van der Waals surface area contributed by atoms with Crippen LogP contribution in [0.3, 0.4) is 0 Å². The van der Waals surface area contributed by atoms with Crippen LogP contribution in [0, 0.1) is 6.92 Å². The molecule has 1 aromatic heterocycles. The van der Waals surface area contributed by atoms with Gasteiger partial charge in [0.15, 0.2) is 11.0 Å². The third kappa shape index (κ3) is 5.35. The normalized spacial score (nSPS) is 10.9. The van der Waals surface area contributed by atoms with Gasteiger partial charge in [0.05, 0.1) is 5.75 Å². The number of anilines is 1. The van der Waals surface area contributed by atoms with Crippen molar-refractivity contribution in [1.82, 2.24) is 14.8 Å². The highest BCUT2D eigenvalue weighted by atomic mass is 32.2. The van der Waals surface area contributed by atoms with Crippen molar-refractivity contribution in [2.24, 2.45) is 0 Å². The Balaban J connectivity index is 1.72. The average Bonchev–Trinajstić information content (AvgIpc) is 3.09. The first kappa shape index (κ1) is 20.9. The minimum atomic E-state index is -0.0726. The summed E-state index contributed by atoms with van der Waals surface area (Å²) in [6, 6.07) is 16.1. The number of carbonyl (C=O) groups is 1.